The third kappa shape index (κ3) is 24.3. The molecule has 10 nitrogen and oxygen atoms in total. The van der Waals surface area contributed by atoms with Gasteiger partial charge in [-0.15, -0.1) is 0 Å². The fourth-order valence-corrected chi connectivity index (χ4v) is 9.83. The van der Waals surface area contributed by atoms with Crippen molar-refractivity contribution in [2.75, 3.05) is 52.6 Å². The van der Waals surface area contributed by atoms with E-state index in [2.05, 4.69) is 34.4 Å². The summed E-state index contributed by atoms with van der Waals surface area (Å²) >= 11 is 0. The van der Waals surface area contributed by atoms with Gasteiger partial charge < -0.3 is 39.0 Å². The first kappa shape index (κ1) is 40.8. The molecule has 0 radical (unpaired) electrons. The molecule has 0 spiro atoms. The van der Waals surface area contributed by atoms with Gasteiger partial charge in [-0.1, -0.05) is 51.4 Å². The van der Waals surface area contributed by atoms with E-state index in [1.807, 2.05) is 27.7 Å². The van der Waals surface area contributed by atoms with Crippen molar-refractivity contribution < 1.29 is 27.3 Å². The van der Waals surface area contributed by atoms with Gasteiger partial charge in [0.2, 0.25) is 0 Å². The van der Waals surface area contributed by atoms with Crippen molar-refractivity contribution in [3.63, 3.8) is 0 Å². The predicted molar refractivity (Wildman–Crippen MR) is 178 cm³/mol. The Bertz CT molecular complexity index is 597. The molecule has 0 aromatic heterocycles. The summed E-state index contributed by atoms with van der Waals surface area (Å²) in [6, 6.07) is 1.61. The number of hydrogen-bond acceptors (Lipinski definition) is 6. The molecule has 0 heterocycles. The number of carbonyl (C=O) groups is 2. The molecule has 0 saturated carbocycles. The van der Waals surface area contributed by atoms with Crippen LogP contribution in [0, 0.1) is 0 Å². The summed E-state index contributed by atoms with van der Waals surface area (Å²) in [6.45, 7) is 17.6. The van der Waals surface area contributed by atoms with Gasteiger partial charge in [0.05, 0.1) is 0 Å². The number of nitrogens with one attached hydrogen (secondary N) is 4. The van der Waals surface area contributed by atoms with Crippen molar-refractivity contribution in [3.8, 4) is 0 Å². The zero-order valence-electron chi connectivity index (χ0n) is 28.0. The van der Waals surface area contributed by atoms with Crippen molar-refractivity contribution >= 4 is 29.2 Å². The number of unbranched alkanes of at least 4 members (excludes halogenated alkanes) is 9. The SMILES string of the molecule is CCO[Si](C)(CCCNC(=O)NCCCCCCCCCCCCNC(=O)NCCC[Si](C)(OCC)OCC)OCC. The van der Waals surface area contributed by atoms with E-state index in [-0.39, 0.29) is 12.1 Å². The lowest BCUT2D eigenvalue weighted by Crippen LogP contribution is -2.41. The highest BCUT2D eigenvalue weighted by molar-refractivity contribution is 6.66. The second kappa shape index (κ2) is 27.4. The normalized spacial score (nSPS) is 11.9. The van der Waals surface area contributed by atoms with Crippen molar-refractivity contribution in [1.82, 2.24) is 21.3 Å². The van der Waals surface area contributed by atoms with Crippen LogP contribution in [-0.4, -0.2) is 81.8 Å². The Morgan fingerprint density at radius 3 is 0.929 bits per heavy atom. The summed E-state index contributed by atoms with van der Waals surface area (Å²) in [6.07, 6.45) is 13.6. The molecule has 0 aromatic rings. The van der Waals surface area contributed by atoms with E-state index >= 15 is 0 Å². The van der Waals surface area contributed by atoms with Gasteiger partial charge in [0.15, 0.2) is 0 Å². The van der Waals surface area contributed by atoms with Crippen molar-refractivity contribution in [3.05, 3.63) is 0 Å². The predicted octanol–water partition coefficient (Wildman–Crippen LogP) is 6.56. The Morgan fingerprint density at radius 1 is 0.429 bits per heavy atom. The van der Waals surface area contributed by atoms with E-state index in [1.165, 1.54) is 38.5 Å². The quantitative estimate of drug-likeness (QED) is 0.0547. The summed E-state index contributed by atoms with van der Waals surface area (Å²) in [5, 5.41) is 11.8. The molecular formula is C30H66N4O6Si2. The molecule has 4 amide bonds. The molecule has 0 aliphatic heterocycles. The molecule has 0 aromatic carbocycles. The van der Waals surface area contributed by atoms with Crippen molar-refractivity contribution in [1.29, 1.82) is 0 Å². The minimum Gasteiger partial charge on any atom is -0.395 e. The molecule has 0 aliphatic carbocycles. The highest BCUT2D eigenvalue weighted by Crippen LogP contribution is 2.16. The summed E-state index contributed by atoms with van der Waals surface area (Å²) in [7, 11) is -4.18. The third-order valence-electron chi connectivity index (χ3n) is 7.16. The minimum atomic E-state index is -2.09. The van der Waals surface area contributed by atoms with E-state index in [1.54, 1.807) is 0 Å². The molecule has 42 heavy (non-hydrogen) atoms. The van der Waals surface area contributed by atoms with Crippen LogP contribution in [0.15, 0.2) is 0 Å². The van der Waals surface area contributed by atoms with E-state index in [4.69, 9.17) is 17.7 Å². The van der Waals surface area contributed by atoms with Crippen LogP contribution < -0.4 is 21.3 Å². The molecule has 0 fully saturated rings. The molecule has 12 heteroatoms. The third-order valence-corrected chi connectivity index (χ3v) is 13.3. The lowest BCUT2D eigenvalue weighted by atomic mass is 10.1. The van der Waals surface area contributed by atoms with Crippen LogP contribution >= 0.6 is 0 Å². The van der Waals surface area contributed by atoms with Gasteiger partial charge >= 0.3 is 29.2 Å². The number of carbonyl (C=O) groups excluding carboxylic acids is 2. The van der Waals surface area contributed by atoms with Crippen LogP contribution in [0.1, 0.15) is 105 Å². The highest BCUT2D eigenvalue weighted by Gasteiger charge is 2.30. The van der Waals surface area contributed by atoms with Crippen molar-refractivity contribution in [2.24, 2.45) is 0 Å². The van der Waals surface area contributed by atoms with Crippen LogP contribution in [0.4, 0.5) is 9.59 Å². The van der Waals surface area contributed by atoms with Crippen LogP contribution in [0.25, 0.3) is 0 Å². The fraction of sp³-hybridized carbons (Fsp3) is 0.933. The maximum atomic E-state index is 12.0. The van der Waals surface area contributed by atoms with Gasteiger partial charge in [0.25, 0.3) is 0 Å². The summed E-state index contributed by atoms with van der Waals surface area (Å²) < 4.78 is 23.3. The maximum Gasteiger partial charge on any atom is 0.334 e. The first-order valence-electron chi connectivity index (χ1n) is 16.8. The second-order valence-electron chi connectivity index (χ2n) is 11.1. The van der Waals surface area contributed by atoms with Crippen LogP contribution in [0.3, 0.4) is 0 Å². The summed E-state index contributed by atoms with van der Waals surface area (Å²) in [5.74, 6) is 0. The molecule has 0 rings (SSSR count). The molecule has 0 bridgehead atoms. The number of hydrogen-bond donors (Lipinski definition) is 4. The fourth-order valence-electron chi connectivity index (χ4n) is 5.01. The lowest BCUT2D eigenvalue weighted by Gasteiger charge is -2.25. The zero-order valence-corrected chi connectivity index (χ0v) is 30.0. The number of amides is 4. The molecule has 0 aliphatic rings. The van der Waals surface area contributed by atoms with Gasteiger partial charge in [-0.3, -0.25) is 0 Å². The largest absolute Gasteiger partial charge is 0.395 e. The molecule has 0 unspecified atom stereocenters. The van der Waals surface area contributed by atoms with E-state index < -0.39 is 17.1 Å². The number of rotatable bonds is 29. The van der Waals surface area contributed by atoms with Crippen molar-refractivity contribution in [2.45, 2.75) is 130 Å². The zero-order chi connectivity index (χ0) is 31.4. The van der Waals surface area contributed by atoms with Gasteiger partial charge in [-0.2, -0.15) is 0 Å². The monoisotopic (exact) mass is 634 g/mol. The standard InChI is InChI=1S/C30H66N4O6Si2/c1-7-37-41(5,38-8-2)27-21-25-33-29(35)31-23-19-17-15-13-11-12-14-16-18-20-24-32-30(36)34-26-22-28-42(6,39-9-3)40-10-4/h7-28H2,1-6H3,(H2,31,33,35)(H2,32,34,36). The average molecular weight is 635 g/mol. The maximum absolute atomic E-state index is 12.0. The molecular weight excluding hydrogens is 569 g/mol. The first-order chi connectivity index (χ1) is 20.2. The Balaban J connectivity index is 3.49. The summed E-state index contributed by atoms with van der Waals surface area (Å²) in [5.41, 5.74) is 0. The van der Waals surface area contributed by atoms with Gasteiger partial charge in [-0.25, -0.2) is 9.59 Å². The van der Waals surface area contributed by atoms with Crippen LogP contribution in [0.2, 0.25) is 25.2 Å². The van der Waals surface area contributed by atoms with Crippen LogP contribution in [0.5, 0.6) is 0 Å². The number of urea groups is 2. The lowest BCUT2D eigenvalue weighted by molar-refractivity contribution is 0.187. The molecule has 0 atom stereocenters. The Labute approximate surface area is 260 Å². The topological polar surface area (TPSA) is 119 Å². The second-order valence-corrected chi connectivity index (χ2v) is 17.8. The Kier molecular flexibility index (Phi) is 26.6. The average Bonchev–Trinajstić information content (AvgIpc) is 2.94. The Hall–Kier alpha value is -1.19. The summed E-state index contributed by atoms with van der Waals surface area (Å²) in [4.78, 5) is 23.9. The molecule has 0 saturated heterocycles. The van der Waals surface area contributed by atoms with Gasteiger partial charge in [0.1, 0.15) is 0 Å². The van der Waals surface area contributed by atoms with Gasteiger partial charge in [-0.05, 0) is 78.6 Å². The van der Waals surface area contributed by atoms with Crippen LogP contribution in [-0.2, 0) is 17.7 Å². The molecule has 4 N–H and O–H groups in total. The van der Waals surface area contributed by atoms with E-state index in [0.717, 1.165) is 63.7 Å². The molecule has 250 valence electrons. The first-order valence-corrected chi connectivity index (χ1v) is 21.9. The van der Waals surface area contributed by atoms with Gasteiger partial charge in [0, 0.05) is 52.6 Å². The minimum absolute atomic E-state index is 0.0813. The highest BCUT2D eigenvalue weighted by atomic mass is 28.4. The van der Waals surface area contributed by atoms with E-state index in [0.29, 0.717) is 39.5 Å². The van der Waals surface area contributed by atoms with E-state index in [9.17, 15) is 9.59 Å². The Morgan fingerprint density at radius 2 is 0.667 bits per heavy atom. The smallest absolute Gasteiger partial charge is 0.334 e.